The second-order valence-electron chi connectivity index (χ2n) is 4.63. The van der Waals surface area contributed by atoms with Gasteiger partial charge < -0.3 is 10.8 Å². The zero-order chi connectivity index (χ0) is 12.7. The van der Waals surface area contributed by atoms with Gasteiger partial charge in [0.05, 0.1) is 0 Å². The molecule has 0 bridgehead atoms. The lowest BCUT2D eigenvalue weighted by Gasteiger charge is -2.14. The molecule has 3 N–H and O–H groups in total. The van der Waals surface area contributed by atoms with Gasteiger partial charge in [0.15, 0.2) is 0 Å². The number of nitrogens with two attached hydrogens (primary N) is 1. The van der Waals surface area contributed by atoms with Gasteiger partial charge in [0.1, 0.15) is 0 Å². The highest BCUT2D eigenvalue weighted by Crippen LogP contribution is 2.17. The Labute approximate surface area is 105 Å². The summed E-state index contributed by atoms with van der Waals surface area (Å²) in [7, 11) is 0. The van der Waals surface area contributed by atoms with Crippen molar-refractivity contribution in [2.75, 3.05) is 13.2 Å². The van der Waals surface area contributed by atoms with Crippen molar-refractivity contribution >= 4 is 0 Å². The van der Waals surface area contributed by atoms with E-state index in [1.807, 2.05) is 0 Å². The Morgan fingerprint density at radius 3 is 2.47 bits per heavy atom. The van der Waals surface area contributed by atoms with E-state index >= 15 is 0 Å². The molecule has 96 valence electrons. The summed E-state index contributed by atoms with van der Waals surface area (Å²) >= 11 is 0. The van der Waals surface area contributed by atoms with E-state index in [9.17, 15) is 0 Å². The highest BCUT2D eigenvalue weighted by Gasteiger charge is 2.08. The van der Waals surface area contributed by atoms with Crippen LogP contribution in [0.2, 0.25) is 0 Å². The normalized spacial score (nSPS) is 12.7. The number of hydrogen-bond acceptors (Lipinski definition) is 2. The number of aliphatic hydroxyl groups excluding tert-OH is 1. The van der Waals surface area contributed by atoms with Crippen LogP contribution >= 0.6 is 0 Å². The van der Waals surface area contributed by atoms with Crippen molar-refractivity contribution in [3.05, 3.63) is 34.9 Å². The molecule has 1 atom stereocenters. The summed E-state index contributed by atoms with van der Waals surface area (Å²) in [5.74, 6) is 0.241. The molecule has 1 unspecified atom stereocenters. The molecule has 0 amide bonds. The molecule has 0 radical (unpaired) electrons. The largest absolute Gasteiger partial charge is 0.396 e. The monoisotopic (exact) mass is 235 g/mol. The fraction of sp³-hybridized carbons (Fsp3) is 0.600. The maximum absolute atomic E-state index is 9.15. The fourth-order valence-corrected chi connectivity index (χ4v) is 2.12. The average molecular weight is 235 g/mol. The van der Waals surface area contributed by atoms with Gasteiger partial charge in [0, 0.05) is 6.61 Å². The summed E-state index contributed by atoms with van der Waals surface area (Å²) in [4.78, 5) is 0. The van der Waals surface area contributed by atoms with Gasteiger partial charge in [-0.05, 0) is 54.8 Å². The summed E-state index contributed by atoms with van der Waals surface area (Å²) in [5.41, 5.74) is 9.86. The molecule has 0 heterocycles. The highest BCUT2D eigenvalue weighted by molar-refractivity contribution is 5.32. The predicted octanol–water partition coefficient (Wildman–Crippen LogP) is 2.31. The summed E-state index contributed by atoms with van der Waals surface area (Å²) in [6.07, 6.45) is 4.16. The number of rotatable bonds is 7. The van der Waals surface area contributed by atoms with E-state index in [4.69, 9.17) is 10.8 Å². The van der Waals surface area contributed by atoms with Gasteiger partial charge in [-0.3, -0.25) is 0 Å². The van der Waals surface area contributed by atoms with Crippen LogP contribution in [-0.2, 0) is 19.3 Å². The van der Waals surface area contributed by atoms with Gasteiger partial charge in [0.25, 0.3) is 0 Å². The minimum absolute atomic E-state index is 0.200. The van der Waals surface area contributed by atoms with Crippen LogP contribution in [0.5, 0.6) is 0 Å². The SMILES string of the molecule is CCc1ccc(CC)c(CCC(CN)CO)c1. The summed E-state index contributed by atoms with van der Waals surface area (Å²) in [6.45, 7) is 5.15. The van der Waals surface area contributed by atoms with Crippen LogP contribution in [-0.4, -0.2) is 18.3 Å². The van der Waals surface area contributed by atoms with Gasteiger partial charge >= 0.3 is 0 Å². The Bertz CT molecular complexity index is 332. The smallest absolute Gasteiger partial charge is 0.0471 e. The average Bonchev–Trinajstić information content (AvgIpc) is 2.39. The molecule has 1 aromatic carbocycles. The second kappa shape index (κ2) is 7.46. The Morgan fingerprint density at radius 1 is 1.18 bits per heavy atom. The van der Waals surface area contributed by atoms with Gasteiger partial charge in [-0.2, -0.15) is 0 Å². The molecule has 0 aromatic heterocycles. The van der Waals surface area contributed by atoms with Crippen LogP contribution in [0.1, 0.15) is 37.0 Å². The highest BCUT2D eigenvalue weighted by atomic mass is 16.3. The Hall–Kier alpha value is -0.860. The van der Waals surface area contributed by atoms with Gasteiger partial charge in [0.2, 0.25) is 0 Å². The zero-order valence-electron chi connectivity index (χ0n) is 11.1. The molecule has 2 heteroatoms. The first-order valence-corrected chi connectivity index (χ1v) is 6.66. The van der Waals surface area contributed by atoms with Crippen LogP contribution in [0.4, 0.5) is 0 Å². The van der Waals surface area contributed by atoms with Crippen LogP contribution in [0.15, 0.2) is 18.2 Å². The molecule has 0 spiro atoms. The van der Waals surface area contributed by atoms with Crippen LogP contribution < -0.4 is 5.73 Å². The zero-order valence-corrected chi connectivity index (χ0v) is 11.1. The van der Waals surface area contributed by atoms with E-state index in [0.29, 0.717) is 6.54 Å². The number of aryl methyl sites for hydroxylation is 3. The van der Waals surface area contributed by atoms with Crippen molar-refractivity contribution in [3.8, 4) is 0 Å². The Balaban J connectivity index is 2.73. The van der Waals surface area contributed by atoms with E-state index < -0.39 is 0 Å². The van der Waals surface area contributed by atoms with E-state index in [0.717, 1.165) is 25.7 Å². The summed E-state index contributed by atoms with van der Waals surface area (Å²) in [6, 6.07) is 6.77. The molecular weight excluding hydrogens is 210 g/mol. The first kappa shape index (κ1) is 14.2. The molecule has 17 heavy (non-hydrogen) atoms. The number of benzene rings is 1. The van der Waals surface area contributed by atoms with E-state index in [1.165, 1.54) is 16.7 Å². The molecule has 1 rings (SSSR count). The Morgan fingerprint density at radius 2 is 1.94 bits per heavy atom. The lowest BCUT2D eigenvalue weighted by Crippen LogP contribution is -2.18. The topological polar surface area (TPSA) is 46.2 Å². The van der Waals surface area contributed by atoms with Crippen molar-refractivity contribution < 1.29 is 5.11 Å². The van der Waals surface area contributed by atoms with Crippen LogP contribution in [0.25, 0.3) is 0 Å². The molecule has 0 aliphatic carbocycles. The summed E-state index contributed by atoms with van der Waals surface area (Å²) < 4.78 is 0. The molecule has 0 saturated carbocycles. The van der Waals surface area contributed by atoms with Crippen molar-refractivity contribution in [2.45, 2.75) is 39.5 Å². The molecule has 0 fully saturated rings. The molecule has 0 aliphatic heterocycles. The second-order valence-corrected chi connectivity index (χ2v) is 4.63. The minimum Gasteiger partial charge on any atom is -0.396 e. The maximum atomic E-state index is 9.15. The predicted molar refractivity (Wildman–Crippen MR) is 73.1 cm³/mol. The first-order valence-electron chi connectivity index (χ1n) is 6.66. The van der Waals surface area contributed by atoms with Crippen LogP contribution in [0.3, 0.4) is 0 Å². The fourth-order valence-electron chi connectivity index (χ4n) is 2.12. The maximum Gasteiger partial charge on any atom is 0.0471 e. The Kier molecular flexibility index (Phi) is 6.23. The molecule has 0 aliphatic rings. The minimum atomic E-state index is 0.200. The molecular formula is C15H25NO. The summed E-state index contributed by atoms with van der Waals surface area (Å²) in [5, 5.41) is 9.15. The van der Waals surface area contributed by atoms with Crippen LogP contribution in [0, 0.1) is 5.92 Å². The molecule has 2 nitrogen and oxygen atoms in total. The van der Waals surface area contributed by atoms with E-state index in [-0.39, 0.29) is 12.5 Å². The molecule has 1 aromatic rings. The van der Waals surface area contributed by atoms with Crippen molar-refractivity contribution in [1.82, 2.24) is 0 Å². The number of hydrogen-bond donors (Lipinski definition) is 2. The van der Waals surface area contributed by atoms with Gasteiger partial charge in [-0.1, -0.05) is 32.0 Å². The standard InChI is InChI=1S/C15H25NO/c1-3-12-5-7-14(4-2)15(9-12)8-6-13(10-16)11-17/h5,7,9,13,17H,3-4,6,8,10-11,16H2,1-2H3. The third-order valence-corrected chi connectivity index (χ3v) is 3.47. The van der Waals surface area contributed by atoms with Gasteiger partial charge in [-0.15, -0.1) is 0 Å². The lowest BCUT2D eigenvalue weighted by atomic mass is 9.94. The molecule has 0 saturated heterocycles. The lowest BCUT2D eigenvalue weighted by molar-refractivity contribution is 0.223. The first-order chi connectivity index (χ1) is 8.24. The quantitative estimate of drug-likeness (QED) is 0.762. The van der Waals surface area contributed by atoms with E-state index in [2.05, 4.69) is 32.0 Å². The third kappa shape index (κ3) is 4.14. The van der Waals surface area contributed by atoms with Crippen molar-refractivity contribution in [1.29, 1.82) is 0 Å². The van der Waals surface area contributed by atoms with Crippen molar-refractivity contribution in [2.24, 2.45) is 11.7 Å². The third-order valence-electron chi connectivity index (χ3n) is 3.47. The van der Waals surface area contributed by atoms with E-state index in [1.54, 1.807) is 0 Å². The van der Waals surface area contributed by atoms with Gasteiger partial charge in [-0.25, -0.2) is 0 Å². The number of aliphatic hydroxyl groups is 1. The van der Waals surface area contributed by atoms with Crippen molar-refractivity contribution in [3.63, 3.8) is 0 Å².